The van der Waals surface area contributed by atoms with Gasteiger partial charge in [-0.15, -0.1) is 0 Å². The molecule has 10 heteroatoms. The molecule has 2 amide bonds. The summed E-state index contributed by atoms with van der Waals surface area (Å²) in [5, 5.41) is 14.3. The van der Waals surface area contributed by atoms with Crippen molar-refractivity contribution in [1.82, 2.24) is 24.5 Å². The second kappa shape index (κ2) is 10.6. The Morgan fingerprint density at radius 1 is 1.00 bits per heavy atom. The van der Waals surface area contributed by atoms with Gasteiger partial charge >= 0.3 is 6.03 Å². The first-order chi connectivity index (χ1) is 18.3. The van der Waals surface area contributed by atoms with Crippen LogP contribution < -0.4 is 15.4 Å². The molecule has 0 bridgehead atoms. The molecule has 0 unspecified atom stereocenters. The second-order valence-corrected chi connectivity index (χ2v) is 8.99. The summed E-state index contributed by atoms with van der Waals surface area (Å²) in [6, 6.07) is 18.0. The summed E-state index contributed by atoms with van der Waals surface area (Å²) in [7, 11) is 1.85. The number of nitrogens with zero attached hydrogens (tertiary/aromatic N) is 5. The molecule has 0 aliphatic rings. The lowest BCUT2D eigenvalue weighted by Gasteiger charge is -2.11. The lowest BCUT2D eigenvalue weighted by molar-refractivity contribution is 0.262. The fourth-order valence-electron chi connectivity index (χ4n) is 3.78. The van der Waals surface area contributed by atoms with Crippen LogP contribution in [0.3, 0.4) is 0 Å². The van der Waals surface area contributed by atoms with Crippen LogP contribution in [0.4, 0.5) is 20.7 Å². The third-order valence-corrected chi connectivity index (χ3v) is 5.69. The number of aromatic nitrogens is 5. The fourth-order valence-corrected chi connectivity index (χ4v) is 3.78. The van der Waals surface area contributed by atoms with Gasteiger partial charge < -0.3 is 10.1 Å². The van der Waals surface area contributed by atoms with Crippen molar-refractivity contribution in [2.45, 2.75) is 19.8 Å². The van der Waals surface area contributed by atoms with Crippen molar-refractivity contribution in [2.75, 3.05) is 10.6 Å². The maximum atomic E-state index is 13.8. The Bertz CT molecular complexity index is 1570. The van der Waals surface area contributed by atoms with Gasteiger partial charge in [0.1, 0.15) is 23.1 Å². The quantitative estimate of drug-likeness (QED) is 0.265. The highest BCUT2D eigenvalue weighted by molar-refractivity contribution is 5.99. The van der Waals surface area contributed by atoms with Gasteiger partial charge in [0.05, 0.1) is 23.3 Å². The molecular formula is C28H26FN7O2. The normalized spacial score (nSPS) is 11.0. The minimum atomic E-state index is -0.457. The first-order valence-corrected chi connectivity index (χ1v) is 12.0. The van der Waals surface area contributed by atoms with Crippen LogP contribution in [-0.2, 0) is 7.05 Å². The number of ether oxygens (including phenoxy) is 1. The molecule has 0 fully saturated rings. The average molecular weight is 512 g/mol. The predicted octanol–water partition coefficient (Wildman–Crippen LogP) is 6.37. The largest absolute Gasteiger partial charge is 0.457 e. The van der Waals surface area contributed by atoms with Crippen LogP contribution in [0.1, 0.15) is 25.5 Å². The van der Waals surface area contributed by atoms with E-state index in [1.807, 2.05) is 33.2 Å². The first-order valence-electron chi connectivity index (χ1n) is 12.0. The van der Waals surface area contributed by atoms with E-state index < -0.39 is 6.03 Å². The van der Waals surface area contributed by atoms with Crippen molar-refractivity contribution < 1.29 is 13.9 Å². The standard InChI is InChI=1S/C28H26FN7O2/c1-18(2)25-15-27(36(34-25)22-6-4-5-20(29)13-22)33-28(37)32-21-7-9-23(10-8-21)38-24-11-12-30-26(14-24)19-16-31-35(3)17-19/h4-18H,1-3H3,(H2,32,33,37). The highest BCUT2D eigenvalue weighted by atomic mass is 19.1. The molecule has 5 aromatic rings. The Morgan fingerprint density at radius 3 is 2.53 bits per heavy atom. The van der Waals surface area contributed by atoms with Crippen LogP contribution in [0, 0.1) is 5.82 Å². The van der Waals surface area contributed by atoms with Crippen molar-refractivity contribution in [2.24, 2.45) is 7.05 Å². The summed E-state index contributed by atoms with van der Waals surface area (Å²) in [4.78, 5) is 17.2. The van der Waals surface area contributed by atoms with Crippen LogP contribution in [0.2, 0.25) is 0 Å². The van der Waals surface area contributed by atoms with Crippen molar-refractivity contribution in [3.8, 4) is 28.4 Å². The minimum absolute atomic E-state index is 0.127. The third-order valence-electron chi connectivity index (χ3n) is 5.69. The molecule has 0 aliphatic heterocycles. The summed E-state index contributed by atoms with van der Waals surface area (Å²) < 4.78 is 23.0. The zero-order valence-corrected chi connectivity index (χ0v) is 21.1. The van der Waals surface area contributed by atoms with Gasteiger partial charge in [-0.3, -0.25) is 15.0 Å². The molecule has 0 spiro atoms. The molecule has 3 aromatic heterocycles. The van der Waals surface area contributed by atoms with Gasteiger partial charge in [-0.25, -0.2) is 13.9 Å². The van der Waals surface area contributed by atoms with E-state index in [1.165, 1.54) is 16.8 Å². The number of benzene rings is 2. The number of aryl methyl sites for hydroxylation is 1. The molecule has 0 atom stereocenters. The van der Waals surface area contributed by atoms with Gasteiger partial charge in [-0.05, 0) is 54.4 Å². The maximum Gasteiger partial charge on any atom is 0.324 e. The zero-order chi connectivity index (χ0) is 26.6. The number of pyridine rings is 1. The summed E-state index contributed by atoms with van der Waals surface area (Å²) in [5.74, 6) is 1.40. The van der Waals surface area contributed by atoms with Crippen LogP contribution in [0.15, 0.2) is 85.3 Å². The Kier molecular flexibility index (Phi) is 6.86. The van der Waals surface area contributed by atoms with Crippen molar-refractivity contribution >= 4 is 17.5 Å². The number of rotatable bonds is 7. The molecule has 38 heavy (non-hydrogen) atoms. The molecule has 9 nitrogen and oxygen atoms in total. The monoisotopic (exact) mass is 511 g/mol. The highest BCUT2D eigenvalue weighted by Crippen LogP contribution is 2.27. The van der Waals surface area contributed by atoms with Gasteiger partial charge in [0, 0.05) is 42.8 Å². The highest BCUT2D eigenvalue weighted by Gasteiger charge is 2.15. The molecule has 5 rings (SSSR count). The topological polar surface area (TPSA) is 98.9 Å². The average Bonchev–Trinajstić information content (AvgIpc) is 3.52. The van der Waals surface area contributed by atoms with E-state index >= 15 is 0 Å². The number of amides is 2. The number of urea groups is 1. The Morgan fingerprint density at radius 2 is 1.82 bits per heavy atom. The lowest BCUT2D eigenvalue weighted by Crippen LogP contribution is -2.21. The SMILES string of the molecule is CC(C)c1cc(NC(=O)Nc2ccc(Oc3ccnc(-c4cnn(C)c4)c3)cc2)n(-c2cccc(F)c2)n1. The number of halogens is 1. The fraction of sp³-hybridized carbons (Fsp3) is 0.143. The predicted molar refractivity (Wildman–Crippen MR) is 143 cm³/mol. The Labute approximate surface area is 218 Å². The van der Waals surface area contributed by atoms with E-state index in [0.717, 1.165) is 17.0 Å². The van der Waals surface area contributed by atoms with Crippen LogP contribution in [0.5, 0.6) is 11.5 Å². The summed E-state index contributed by atoms with van der Waals surface area (Å²) in [6.07, 6.45) is 5.30. The Balaban J connectivity index is 1.26. The first kappa shape index (κ1) is 24.7. The molecule has 2 aromatic carbocycles. The number of carbonyl (C=O) groups is 1. The van der Waals surface area contributed by atoms with Gasteiger partial charge in [-0.2, -0.15) is 10.2 Å². The van der Waals surface area contributed by atoms with Crippen molar-refractivity contribution in [3.05, 3.63) is 96.8 Å². The smallest absolute Gasteiger partial charge is 0.324 e. The van der Waals surface area contributed by atoms with Crippen molar-refractivity contribution in [3.63, 3.8) is 0 Å². The van der Waals surface area contributed by atoms with Gasteiger partial charge in [0.25, 0.3) is 0 Å². The van der Waals surface area contributed by atoms with Crippen LogP contribution in [0.25, 0.3) is 16.9 Å². The molecule has 0 saturated carbocycles. The third kappa shape index (κ3) is 5.70. The number of anilines is 2. The van der Waals surface area contributed by atoms with E-state index in [2.05, 4.69) is 25.8 Å². The van der Waals surface area contributed by atoms with Gasteiger partial charge in [0.15, 0.2) is 0 Å². The van der Waals surface area contributed by atoms with E-state index in [0.29, 0.717) is 28.7 Å². The molecule has 192 valence electrons. The van der Waals surface area contributed by atoms with E-state index in [4.69, 9.17) is 4.74 Å². The molecular weight excluding hydrogens is 485 g/mol. The zero-order valence-electron chi connectivity index (χ0n) is 21.1. The molecule has 3 heterocycles. The summed E-state index contributed by atoms with van der Waals surface area (Å²) in [5.41, 5.74) is 3.50. The molecule has 2 N–H and O–H groups in total. The Hall–Kier alpha value is -4.99. The van der Waals surface area contributed by atoms with Gasteiger partial charge in [-0.1, -0.05) is 19.9 Å². The van der Waals surface area contributed by atoms with E-state index in [9.17, 15) is 9.18 Å². The van der Waals surface area contributed by atoms with E-state index in [-0.39, 0.29) is 11.7 Å². The summed E-state index contributed by atoms with van der Waals surface area (Å²) in [6.45, 7) is 3.99. The second-order valence-electron chi connectivity index (χ2n) is 8.99. The van der Waals surface area contributed by atoms with Gasteiger partial charge in [0.2, 0.25) is 0 Å². The molecule has 0 aliphatic carbocycles. The number of carbonyl (C=O) groups excluding carboxylic acids is 1. The molecule has 0 radical (unpaired) electrons. The van der Waals surface area contributed by atoms with Crippen LogP contribution in [-0.4, -0.2) is 30.6 Å². The number of nitrogens with one attached hydrogen (secondary N) is 2. The van der Waals surface area contributed by atoms with Crippen LogP contribution >= 0.6 is 0 Å². The minimum Gasteiger partial charge on any atom is -0.457 e. The van der Waals surface area contributed by atoms with Crippen molar-refractivity contribution in [1.29, 1.82) is 0 Å². The number of hydrogen-bond acceptors (Lipinski definition) is 5. The lowest BCUT2D eigenvalue weighted by atomic mass is 10.1. The number of hydrogen-bond donors (Lipinski definition) is 2. The molecule has 0 saturated heterocycles. The summed E-state index contributed by atoms with van der Waals surface area (Å²) >= 11 is 0. The maximum absolute atomic E-state index is 13.8. The van der Waals surface area contributed by atoms with E-state index in [1.54, 1.807) is 65.6 Å².